The first kappa shape index (κ1) is 22.4. The van der Waals surface area contributed by atoms with Gasteiger partial charge in [-0.25, -0.2) is 8.42 Å². The number of hydrogen-bond donors (Lipinski definition) is 1. The van der Waals surface area contributed by atoms with E-state index in [9.17, 15) is 13.2 Å². The SMILES string of the molecule is Cc1ccc(-c2nnc(NC(=O)C3CCN(S(=O)(=O)c4ccc(Cl)cc4)CC3)o2)c(C)c1. The maximum atomic E-state index is 12.8. The fourth-order valence-electron chi connectivity index (χ4n) is 3.76. The minimum absolute atomic E-state index is 0.0289. The molecule has 0 radical (unpaired) electrons. The van der Waals surface area contributed by atoms with Gasteiger partial charge in [0.1, 0.15) is 0 Å². The van der Waals surface area contributed by atoms with Crippen molar-refractivity contribution in [1.82, 2.24) is 14.5 Å². The molecule has 32 heavy (non-hydrogen) atoms. The summed E-state index contributed by atoms with van der Waals surface area (Å²) in [6, 6.07) is 12.0. The van der Waals surface area contributed by atoms with Crippen LogP contribution in [-0.4, -0.2) is 41.9 Å². The Morgan fingerprint density at radius 3 is 2.44 bits per heavy atom. The smallest absolute Gasteiger partial charge is 0.322 e. The average Bonchev–Trinajstić information content (AvgIpc) is 3.22. The van der Waals surface area contributed by atoms with Gasteiger partial charge in [-0.15, -0.1) is 5.10 Å². The highest BCUT2D eigenvalue weighted by molar-refractivity contribution is 7.89. The number of aryl methyl sites for hydroxylation is 2. The number of carbonyl (C=O) groups excluding carboxylic acids is 1. The topological polar surface area (TPSA) is 105 Å². The molecule has 1 aromatic heterocycles. The second kappa shape index (κ2) is 9.01. The summed E-state index contributed by atoms with van der Waals surface area (Å²) in [6.45, 7) is 4.46. The van der Waals surface area contributed by atoms with Gasteiger partial charge in [0.25, 0.3) is 0 Å². The molecule has 1 aliphatic rings. The second-order valence-corrected chi connectivity index (χ2v) is 10.2. The van der Waals surface area contributed by atoms with Gasteiger partial charge in [0.05, 0.1) is 4.90 Å². The quantitative estimate of drug-likeness (QED) is 0.598. The predicted octanol–water partition coefficient (Wildman–Crippen LogP) is 4.05. The Bertz CT molecular complexity index is 1230. The summed E-state index contributed by atoms with van der Waals surface area (Å²) in [5.74, 6) is -0.269. The Kier molecular flexibility index (Phi) is 6.32. The Balaban J connectivity index is 1.37. The third-order valence-electron chi connectivity index (χ3n) is 5.54. The molecule has 1 N–H and O–H groups in total. The van der Waals surface area contributed by atoms with Crippen molar-refractivity contribution in [1.29, 1.82) is 0 Å². The molecule has 2 heterocycles. The first-order valence-electron chi connectivity index (χ1n) is 10.2. The van der Waals surface area contributed by atoms with Gasteiger partial charge in [0.15, 0.2) is 0 Å². The van der Waals surface area contributed by atoms with Crippen molar-refractivity contribution in [2.24, 2.45) is 5.92 Å². The van der Waals surface area contributed by atoms with Gasteiger partial charge in [-0.05, 0) is 62.6 Å². The van der Waals surface area contributed by atoms with Crippen LogP contribution in [0.3, 0.4) is 0 Å². The van der Waals surface area contributed by atoms with Gasteiger partial charge in [0, 0.05) is 29.6 Å². The molecule has 0 aliphatic carbocycles. The first-order chi connectivity index (χ1) is 15.2. The Hall–Kier alpha value is -2.75. The molecule has 0 atom stereocenters. The molecule has 0 unspecified atom stereocenters. The average molecular weight is 475 g/mol. The number of carbonyl (C=O) groups is 1. The molecule has 1 aliphatic heterocycles. The van der Waals surface area contributed by atoms with Crippen molar-refractivity contribution in [2.45, 2.75) is 31.6 Å². The number of anilines is 1. The number of nitrogens with one attached hydrogen (secondary N) is 1. The number of rotatable bonds is 5. The van der Waals surface area contributed by atoms with E-state index in [4.69, 9.17) is 16.0 Å². The molecule has 8 nitrogen and oxygen atoms in total. The molecule has 10 heteroatoms. The maximum Gasteiger partial charge on any atom is 0.322 e. The highest BCUT2D eigenvalue weighted by Crippen LogP contribution is 2.27. The third kappa shape index (κ3) is 4.69. The maximum absolute atomic E-state index is 12.8. The lowest BCUT2D eigenvalue weighted by Gasteiger charge is -2.30. The molecule has 1 amide bonds. The molecule has 168 valence electrons. The van der Waals surface area contributed by atoms with Gasteiger partial charge in [0.2, 0.25) is 21.8 Å². The van der Waals surface area contributed by atoms with E-state index in [1.165, 1.54) is 16.4 Å². The minimum atomic E-state index is -3.62. The van der Waals surface area contributed by atoms with E-state index in [2.05, 4.69) is 15.5 Å². The number of nitrogens with zero attached hydrogens (tertiary/aromatic N) is 3. The van der Waals surface area contributed by atoms with E-state index in [1.807, 2.05) is 32.0 Å². The molecular formula is C22H23ClN4O4S. The van der Waals surface area contributed by atoms with Crippen molar-refractivity contribution < 1.29 is 17.6 Å². The largest absolute Gasteiger partial charge is 0.403 e. The summed E-state index contributed by atoms with van der Waals surface area (Å²) in [6.07, 6.45) is 0.799. The van der Waals surface area contributed by atoms with Crippen LogP contribution in [0.2, 0.25) is 5.02 Å². The number of aromatic nitrogens is 2. The molecule has 3 aromatic rings. The fourth-order valence-corrected chi connectivity index (χ4v) is 5.35. The zero-order valence-electron chi connectivity index (χ0n) is 17.7. The van der Waals surface area contributed by atoms with Gasteiger partial charge in [-0.2, -0.15) is 4.31 Å². The number of hydrogen-bond acceptors (Lipinski definition) is 6. The van der Waals surface area contributed by atoms with Gasteiger partial charge in [-0.1, -0.05) is 34.4 Å². The zero-order valence-corrected chi connectivity index (χ0v) is 19.3. The summed E-state index contributed by atoms with van der Waals surface area (Å²) in [4.78, 5) is 12.9. The standard InChI is InChI=1S/C22H23ClN4O4S/c1-14-3-8-19(15(2)13-14)21-25-26-22(31-21)24-20(28)16-9-11-27(12-10-16)32(29,30)18-6-4-17(23)5-7-18/h3-8,13,16H,9-12H2,1-2H3,(H,24,26,28). The lowest BCUT2D eigenvalue weighted by atomic mass is 9.97. The van der Waals surface area contributed by atoms with Crippen LogP contribution < -0.4 is 5.32 Å². The van der Waals surface area contributed by atoms with Crippen molar-refractivity contribution in [3.05, 3.63) is 58.6 Å². The zero-order chi connectivity index (χ0) is 22.9. The third-order valence-corrected chi connectivity index (χ3v) is 7.71. The molecule has 0 saturated carbocycles. The summed E-state index contributed by atoms with van der Waals surface area (Å²) >= 11 is 5.85. The summed E-state index contributed by atoms with van der Waals surface area (Å²) in [5, 5.41) is 11.1. The van der Waals surface area contributed by atoms with E-state index in [0.717, 1.165) is 16.7 Å². The van der Waals surface area contributed by atoms with Crippen LogP contribution >= 0.6 is 11.6 Å². The molecule has 0 spiro atoms. The van der Waals surface area contributed by atoms with Gasteiger partial charge in [-0.3, -0.25) is 10.1 Å². The molecule has 4 rings (SSSR count). The Morgan fingerprint density at radius 2 is 1.78 bits per heavy atom. The monoisotopic (exact) mass is 474 g/mol. The minimum Gasteiger partial charge on any atom is -0.403 e. The van der Waals surface area contributed by atoms with Crippen LogP contribution in [0.4, 0.5) is 6.01 Å². The van der Waals surface area contributed by atoms with Gasteiger partial charge >= 0.3 is 6.01 Å². The number of halogens is 1. The van der Waals surface area contributed by atoms with Crippen molar-refractivity contribution in [2.75, 3.05) is 18.4 Å². The normalized spacial score (nSPS) is 15.6. The van der Waals surface area contributed by atoms with Crippen molar-refractivity contribution >= 4 is 33.5 Å². The molecule has 1 fully saturated rings. The number of benzene rings is 2. The van der Waals surface area contributed by atoms with E-state index >= 15 is 0 Å². The summed E-state index contributed by atoms with van der Waals surface area (Å²) in [5.41, 5.74) is 2.94. The molecule has 2 aromatic carbocycles. The Morgan fingerprint density at radius 1 is 1.09 bits per heavy atom. The highest BCUT2D eigenvalue weighted by atomic mass is 35.5. The van der Waals surface area contributed by atoms with Crippen LogP contribution in [0.15, 0.2) is 51.8 Å². The predicted molar refractivity (Wildman–Crippen MR) is 121 cm³/mol. The molecular weight excluding hydrogens is 452 g/mol. The van der Waals surface area contributed by atoms with Crippen LogP contribution in [0, 0.1) is 19.8 Å². The van der Waals surface area contributed by atoms with Crippen LogP contribution in [0.25, 0.3) is 11.5 Å². The lowest BCUT2D eigenvalue weighted by Crippen LogP contribution is -2.41. The van der Waals surface area contributed by atoms with Crippen LogP contribution in [0.5, 0.6) is 0 Å². The van der Waals surface area contributed by atoms with Crippen LogP contribution in [-0.2, 0) is 14.8 Å². The van der Waals surface area contributed by atoms with E-state index in [1.54, 1.807) is 12.1 Å². The van der Waals surface area contributed by atoms with Crippen molar-refractivity contribution in [3.63, 3.8) is 0 Å². The summed E-state index contributed by atoms with van der Waals surface area (Å²) < 4.78 is 32.6. The number of amides is 1. The molecule has 0 bridgehead atoms. The van der Waals surface area contributed by atoms with Crippen LogP contribution in [0.1, 0.15) is 24.0 Å². The fraction of sp³-hybridized carbons (Fsp3) is 0.318. The highest BCUT2D eigenvalue weighted by Gasteiger charge is 2.32. The van der Waals surface area contributed by atoms with Gasteiger partial charge < -0.3 is 4.42 Å². The Labute approximate surface area is 191 Å². The van der Waals surface area contributed by atoms with Crippen molar-refractivity contribution in [3.8, 4) is 11.5 Å². The van der Waals surface area contributed by atoms with E-state index in [-0.39, 0.29) is 35.8 Å². The van der Waals surface area contributed by atoms with E-state index in [0.29, 0.717) is 23.8 Å². The second-order valence-electron chi connectivity index (χ2n) is 7.85. The lowest BCUT2D eigenvalue weighted by molar-refractivity contribution is -0.121. The van der Waals surface area contributed by atoms with E-state index < -0.39 is 10.0 Å². The first-order valence-corrected chi connectivity index (χ1v) is 12.0. The summed E-state index contributed by atoms with van der Waals surface area (Å²) in [7, 11) is -3.62. The number of piperidine rings is 1. The molecule has 1 saturated heterocycles. The number of sulfonamides is 1.